The summed E-state index contributed by atoms with van der Waals surface area (Å²) < 4.78 is 5.60. The van der Waals surface area contributed by atoms with Gasteiger partial charge >= 0.3 is 0 Å². The van der Waals surface area contributed by atoms with Gasteiger partial charge in [0.1, 0.15) is 12.2 Å². The molecule has 1 aromatic rings. The number of carbonyl (C=O) groups is 2. The fourth-order valence-electron chi connectivity index (χ4n) is 8.40. The summed E-state index contributed by atoms with van der Waals surface area (Å²) in [7, 11) is 0. The van der Waals surface area contributed by atoms with Crippen molar-refractivity contribution in [2.45, 2.75) is 64.8 Å². The molecule has 0 heterocycles. The van der Waals surface area contributed by atoms with E-state index in [0.29, 0.717) is 18.4 Å². The molecular formula is C29H35NO7. The van der Waals surface area contributed by atoms with Gasteiger partial charge in [-0.15, -0.1) is 0 Å². The molecule has 0 bridgehead atoms. The molecule has 2 N–H and O–H groups in total. The molecule has 198 valence electrons. The molecule has 3 fully saturated rings. The number of hydrogen-bond acceptors (Lipinski definition) is 7. The van der Waals surface area contributed by atoms with Gasteiger partial charge in [-0.05, 0) is 61.7 Å². The Morgan fingerprint density at radius 3 is 2.73 bits per heavy atom. The van der Waals surface area contributed by atoms with Crippen LogP contribution in [0.25, 0.3) is 0 Å². The number of nitro groups is 1. The van der Waals surface area contributed by atoms with Crippen LogP contribution in [0.4, 0.5) is 5.69 Å². The monoisotopic (exact) mass is 509 g/mol. The molecule has 5 rings (SSSR count). The number of allylic oxidation sites excluding steroid dienone is 4. The second-order valence-electron chi connectivity index (χ2n) is 11.9. The fraction of sp³-hybridized carbons (Fsp3) is 0.586. The van der Waals surface area contributed by atoms with Gasteiger partial charge in [-0.25, -0.2) is 0 Å². The molecule has 1 aromatic carbocycles. The van der Waals surface area contributed by atoms with Gasteiger partial charge < -0.3 is 14.9 Å². The van der Waals surface area contributed by atoms with E-state index in [4.69, 9.17) is 4.74 Å². The molecule has 0 radical (unpaired) electrons. The third-order valence-electron chi connectivity index (χ3n) is 10.1. The maximum absolute atomic E-state index is 13.4. The SMILES string of the molecule is CC1C[C@@H]2[C@H](C(O)C[C@@]3(C)[C@H]2CC[C@]3(O)C(=O)COCc2ccccc2[N+](=O)[O-])[C@@]2(C)C=CC(=O)C=C12. The lowest BCUT2D eigenvalue weighted by molar-refractivity contribution is -0.385. The van der Waals surface area contributed by atoms with E-state index in [9.17, 15) is 29.9 Å². The summed E-state index contributed by atoms with van der Waals surface area (Å²) in [6.07, 6.45) is 6.57. The minimum absolute atomic E-state index is 0.0189. The van der Waals surface area contributed by atoms with Crippen molar-refractivity contribution in [1.29, 1.82) is 0 Å². The minimum atomic E-state index is -1.65. The van der Waals surface area contributed by atoms with E-state index < -0.39 is 33.2 Å². The van der Waals surface area contributed by atoms with E-state index in [1.165, 1.54) is 6.07 Å². The number of ether oxygens (including phenoxy) is 1. The summed E-state index contributed by atoms with van der Waals surface area (Å²) in [6.45, 7) is 5.67. The number of para-hydroxylation sites is 1. The molecule has 0 aromatic heterocycles. The normalized spacial score (nSPS) is 40.4. The smallest absolute Gasteiger partial charge is 0.274 e. The van der Waals surface area contributed by atoms with E-state index in [0.717, 1.165) is 12.0 Å². The predicted octanol–water partition coefficient (Wildman–Crippen LogP) is 3.94. The Balaban J connectivity index is 1.36. The molecule has 8 heteroatoms. The number of hydrogen-bond donors (Lipinski definition) is 2. The van der Waals surface area contributed by atoms with Crippen molar-refractivity contribution in [3.63, 3.8) is 0 Å². The zero-order valence-corrected chi connectivity index (χ0v) is 21.6. The maximum atomic E-state index is 13.4. The summed E-state index contributed by atoms with van der Waals surface area (Å²) in [5.41, 5.74) is -1.55. The first-order valence-corrected chi connectivity index (χ1v) is 13.1. The number of fused-ring (bicyclic) bond motifs is 5. The first kappa shape index (κ1) is 25.9. The topological polar surface area (TPSA) is 127 Å². The summed E-state index contributed by atoms with van der Waals surface area (Å²) in [5.74, 6) is -0.265. The van der Waals surface area contributed by atoms with Crippen molar-refractivity contribution >= 4 is 17.3 Å². The highest BCUT2D eigenvalue weighted by atomic mass is 16.6. The molecule has 2 unspecified atom stereocenters. The van der Waals surface area contributed by atoms with Crippen LogP contribution >= 0.6 is 0 Å². The molecule has 3 saturated carbocycles. The number of benzene rings is 1. The van der Waals surface area contributed by atoms with Crippen LogP contribution in [0.5, 0.6) is 0 Å². The second-order valence-corrected chi connectivity index (χ2v) is 11.9. The average Bonchev–Trinajstić information content (AvgIpc) is 3.11. The maximum Gasteiger partial charge on any atom is 0.274 e. The van der Waals surface area contributed by atoms with E-state index in [1.54, 1.807) is 30.4 Å². The molecule has 8 nitrogen and oxygen atoms in total. The molecule has 0 saturated heterocycles. The van der Waals surface area contributed by atoms with Gasteiger partial charge in [0.05, 0.1) is 23.2 Å². The number of aliphatic hydroxyl groups is 2. The highest BCUT2D eigenvalue weighted by molar-refractivity contribution is 6.01. The van der Waals surface area contributed by atoms with Crippen molar-refractivity contribution in [1.82, 2.24) is 0 Å². The van der Waals surface area contributed by atoms with Crippen LogP contribution in [0.2, 0.25) is 0 Å². The molecule has 8 atom stereocenters. The Morgan fingerprint density at radius 2 is 2.00 bits per heavy atom. The zero-order valence-electron chi connectivity index (χ0n) is 21.6. The molecule has 0 aliphatic heterocycles. The molecule has 0 amide bonds. The Bertz CT molecular complexity index is 1210. The number of Topliss-reactive ketones (excluding diaryl/α,β-unsaturated/α-hetero) is 1. The molecule has 4 aliphatic carbocycles. The van der Waals surface area contributed by atoms with Crippen LogP contribution in [0.3, 0.4) is 0 Å². The number of aliphatic hydroxyl groups excluding tert-OH is 1. The van der Waals surface area contributed by atoms with E-state index >= 15 is 0 Å². The molecular weight excluding hydrogens is 474 g/mol. The van der Waals surface area contributed by atoms with Crippen molar-refractivity contribution in [2.75, 3.05) is 6.61 Å². The average molecular weight is 510 g/mol. The lowest BCUT2D eigenvalue weighted by Gasteiger charge is -2.60. The van der Waals surface area contributed by atoms with E-state index in [1.807, 2.05) is 13.0 Å². The quantitative estimate of drug-likeness (QED) is 0.439. The number of nitrogens with zero attached hydrogens (tertiary/aromatic N) is 1. The predicted molar refractivity (Wildman–Crippen MR) is 135 cm³/mol. The van der Waals surface area contributed by atoms with E-state index in [-0.39, 0.29) is 54.8 Å². The van der Waals surface area contributed by atoms with Crippen molar-refractivity contribution in [3.05, 3.63) is 63.7 Å². The lowest BCUT2D eigenvalue weighted by Crippen LogP contribution is -2.62. The molecule has 37 heavy (non-hydrogen) atoms. The highest BCUT2D eigenvalue weighted by Gasteiger charge is 2.68. The van der Waals surface area contributed by atoms with Crippen LogP contribution in [0.15, 0.2) is 48.1 Å². The van der Waals surface area contributed by atoms with Gasteiger partial charge in [0.2, 0.25) is 0 Å². The van der Waals surface area contributed by atoms with Gasteiger partial charge in [0.15, 0.2) is 11.6 Å². The van der Waals surface area contributed by atoms with Gasteiger partial charge in [-0.3, -0.25) is 19.7 Å². The molecule has 0 spiro atoms. The largest absolute Gasteiger partial charge is 0.393 e. The van der Waals surface area contributed by atoms with Crippen molar-refractivity contribution < 1.29 is 29.5 Å². The van der Waals surface area contributed by atoms with Gasteiger partial charge in [-0.1, -0.05) is 44.6 Å². The summed E-state index contributed by atoms with van der Waals surface area (Å²) in [5, 5.41) is 34.6. The highest BCUT2D eigenvalue weighted by Crippen LogP contribution is 2.67. The van der Waals surface area contributed by atoms with Gasteiger partial charge in [0.25, 0.3) is 5.69 Å². The van der Waals surface area contributed by atoms with Gasteiger partial charge in [0, 0.05) is 22.8 Å². The summed E-state index contributed by atoms with van der Waals surface area (Å²) in [6, 6.07) is 6.22. The van der Waals surface area contributed by atoms with Crippen molar-refractivity contribution in [2.24, 2.45) is 34.5 Å². The summed E-state index contributed by atoms with van der Waals surface area (Å²) >= 11 is 0. The third kappa shape index (κ3) is 3.83. The van der Waals surface area contributed by atoms with Gasteiger partial charge in [-0.2, -0.15) is 0 Å². The Kier molecular flexibility index (Phi) is 6.28. The third-order valence-corrected chi connectivity index (χ3v) is 10.1. The fourth-order valence-corrected chi connectivity index (χ4v) is 8.40. The lowest BCUT2D eigenvalue weighted by atomic mass is 9.45. The Labute approximate surface area is 216 Å². The number of carbonyl (C=O) groups excluding carboxylic acids is 2. The standard InChI is InChI=1S/C29H35NO7/c1-17-12-20-21-9-11-29(34,25(33)16-37-15-18-6-4-5-7-23(18)30(35)36)28(21,3)14-24(32)26(20)27(2)10-8-19(31)13-22(17)27/h4-8,10,13,17,20-21,24,26,32,34H,9,11-12,14-16H2,1-3H3/t17?,20-,21-,24?,26+,27-,28-,29-/m0/s1. The van der Waals surface area contributed by atoms with Crippen LogP contribution in [-0.4, -0.2) is 45.0 Å². The van der Waals surface area contributed by atoms with Crippen LogP contribution in [0, 0.1) is 44.6 Å². The summed E-state index contributed by atoms with van der Waals surface area (Å²) in [4.78, 5) is 36.4. The number of nitro benzene ring substituents is 1. The van der Waals surface area contributed by atoms with Crippen molar-refractivity contribution in [3.8, 4) is 0 Å². The van der Waals surface area contributed by atoms with Crippen LogP contribution in [0.1, 0.15) is 52.0 Å². The van der Waals surface area contributed by atoms with Crippen LogP contribution in [-0.2, 0) is 20.9 Å². The zero-order chi connectivity index (χ0) is 26.8. The first-order valence-electron chi connectivity index (χ1n) is 13.1. The second kappa shape index (κ2) is 8.96. The first-order chi connectivity index (χ1) is 17.4. The van der Waals surface area contributed by atoms with E-state index in [2.05, 4.69) is 13.8 Å². The van der Waals surface area contributed by atoms with Crippen LogP contribution < -0.4 is 0 Å². The minimum Gasteiger partial charge on any atom is -0.393 e. The number of rotatable bonds is 6. The number of ketones is 2. The Hall–Kier alpha value is -2.68. The molecule has 4 aliphatic rings. The Morgan fingerprint density at radius 1 is 1.27 bits per heavy atom.